The normalized spacial score (nSPS) is 11.9. The van der Waals surface area contributed by atoms with Crippen molar-refractivity contribution in [2.75, 3.05) is 5.75 Å². The number of nitrogens with one attached hydrogen (secondary N) is 1. The van der Waals surface area contributed by atoms with E-state index in [2.05, 4.69) is 5.32 Å². The third-order valence-corrected chi connectivity index (χ3v) is 5.66. The second-order valence-electron chi connectivity index (χ2n) is 7.21. The molecular formula is C23H29ClN2O2S. The van der Waals surface area contributed by atoms with Crippen molar-refractivity contribution >= 4 is 35.2 Å². The quantitative estimate of drug-likeness (QED) is 0.580. The van der Waals surface area contributed by atoms with E-state index in [1.165, 1.54) is 5.56 Å². The van der Waals surface area contributed by atoms with Crippen molar-refractivity contribution in [1.29, 1.82) is 0 Å². The van der Waals surface area contributed by atoms with Crippen LogP contribution in [0.15, 0.2) is 54.6 Å². The van der Waals surface area contributed by atoms with E-state index >= 15 is 0 Å². The molecule has 0 radical (unpaired) electrons. The molecule has 0 fully saturated rings. The number of rotatable bonds is 10. The Morgan fingerprint density at radius 2 is 1.69 bits per heavy atom. The van der Waals surface area contributed by atoms with E-state index in [-0.39, 0.29) is 17.9 Å². The summed E-state index contributed by atoms with van der Waals surface area (Å²) in [5.41, 5.74) is 2.13. The summed E-state index contributed by atoms with van der Waals surface area (Å²) in [6.45, 7) is 6.16. The van der Waals surface area contributed by atoms with Crippen molar-refractivity contribution in [2.45, 2.75) is 51.6 Å². The van der Waals surface area contributed by atoms with Gasteiger partial charge < -0.3 is 10.2 Å². The molecule has 0 saturated heterocycles. The second-order valence-corrected chi connectivity index (χ2v) is 8.64. The van der Waals surface area contributed by atoms with Gasteiger partial charge in [0.15, 0.2) is 0 Å². The summed E-state index contributed by atoms with van der Waals surface area (Å²) in [6, 6.07) is 17.0. The van der Waals surface area contributed by atoms with Crippen molar-refractivity contribution in [3.05, 3.63) is 70.7 Å². The molecule has 2 aromatic rings. The van der Waals surface area contributed by atoms with Crippen LogP contribution in [-0.2, 0) is 21.9 Å². The Morgan fingerprint density at radius 1 is 1.03 bits per heavy atom. The molecule has 0 bridgehead atoms. The van der Waals surface area contributed by atoms with Gasteiger partial charge in [-0.25, -0.2) is 0 Å². The highest BCUT2D eigenvalue weighted by molar-refractivity contribution is 7.99. The fourth-order valence-electron chi connectivity index (χ4n) is 3.00. The van der Waals surface area contributed by atoms with E-state index in [1.807, 2.05) is 63.2 Å². The van der Waals surface area contributed by atoms with Crippen LogP contribution in [0.5, 0.6) is 0 Å². The number of hydrogen-bond donors (Lipinski definition) is 1. The first-order valence-corrected chi connectivity index (χ1v) is 11.4. The number of carbonyl (C=O) groups is 2. The topological polar surface area (TPSA) is 49.4 Å². The molecule has 2 amide bonds. The number of nitrogens with zero attached hydrogens (tertiary/aromatic N) is 1. The summed E-state index contributed by atoms with van der Waals surface area (Å²) < 4.78 is 0. The maximum atomic E-state index is 13.1. The van der Waals surface area contributed by atoms with Crippen molar-refractivity contribution in [2.24, 2.45) is 0 Å². The fraction of sp³-hybridized carbons (Fsp3) is 0.391. The molecule has 0 spiro atoms. The summed E-state index contributed by atoms with van der Waals surface area (Å²) in [5, 5.41) is 3.59. The van der Waals surface area contributed by atoms with Crippen LogP contribution in [0, 0.1) is 0 Å². The monoisotopic (exact) mass is 432 g/mol. The summed E-state index contributed by atoms with van der Waals surface area (Å²) >= 11 is 7.55. The van der Waals surface area contributed by atoms with Gasteiger partial charge in [0.1, 0.15) is 6.04 Å². The van der Waals surface area contributed by atoms with Gasteiger partial charge in [-0.15, -0.1) is 11.8 Å². The van der Waals surface area contributed by atoms with E-state index in [4.69, 9.17) is 11.6 Å². The zero-order valence-corrected chi connectivity index (χ0v) is 18.8. The van der Waals surface area contributed by atoms with Crippen molar-refractivity contribution in [3.63, 3.8) is 0 Å². The highest BCUT2D eigenvalue weighted by Crippen LogP contribution is 2.18. The minimum absolute atomic E-state index is 0.0245. The number of carbonyl (C=O) groups excluding carboxylic acids is 2. The third-order valence-electron chi connectivity index (χ3n) is 4.42. The zero-order chi connectivity index (χ0) is 21.2. The molecule has 156 valence electrons. The first-order chi connectivity index (χ1) is 13.9. The van der Waals surface area contributed by atoms with Crippen LogP contribution in [0.4, 0.5) is 0 Å². The third kappa shape index (κ3) is 7.75. The molecule has 29 heavy (non-hydrogen) atoms. The van der Waals surface area contributed by atoms with Crippen LogP contribution in [0.3, 0.4) is 0 Å². The average Bonchev–Trinajstić information content (AvgIpc) is 2.69. The maximum Gasteiger partial charge on any atom is 0.243 e. The zero-order valence-electron chi connectivity index (χ0n) is 17.2. The first-order valence-electron chi connectivity index (χ1n) is 9.86. The summed E-state index contributed by atoms with van der Waals surface area (Å²) in [6.07, 6.45) is 0.557. The van der Waals surface area contributed by atoms with Gasteiger partial charge in [0.25, 0.3) is 0 Å². The molecule has 0 aliphatic heterocycles. The maximum absolute atomic E-state index is 13.1. The van der Waals surface area contributed by atoms with Gasteiger partial charge in [0.05, 0.1) is 5.75 Å². The van der Waals surface area contributed by atoms with Gasteiger partial charge in [0.2, 0.25) is 11.8 Å². The highest BCUT2D eigenvalue weighted by atomic mass is 35.5. The largest absolute Gasteiger partial charge is 0.352 e. The molecule has 2 aromatic carbocycles. The van der Waals surface area contributed by atoms with Gasteiger partial charge in [-0.1, -0.05) is 61.0 Å². The van der Waals surface area contributed by atoms with Gasteiger partial charge in [-0.3, -0.25) is 9.59 Å². The van der Waals surface area contributed by atoms with Crippen LogP contribution in [0.25, 0.3) is 0 Å². The Morgan fingerprint density at radius 3 is 2.28 bits per heavy atom. The predicted molar refractivity (Wildman–Crippen MR) is 122 cm³/mol. The molecule has 0 aliphatic rings. The van der Waals surface area contributed by atoms with Gasteiger partial charge in [-0.05, 0) is 43.5 Å². The van der Waals surface area contributed by atoms with E-state index in [0.29, 0.717) is 23.7 Å². The fourth-order valence-corrected chi connectivity index (χ4v) is 4.00. The lowest BCUT2D eigenvalue weighted by atomic mass is 10.1. The summed E-state index contributed by atoms with van der Waals surface area (Å²) in [7, 11) is 0. The smallest absolute Gasteiger partial charge is 0.243 e. The van der Waals surface area contributed by atoms with Crippen LogP contribution >= 0.6 is 23.4 Å². The Kier molecular flexibility index (Phi) is 9.55. The summed E-state index contributed by atoms with van der Waals surface area (Å²) in [5.74, 6) is 0.939. The lowest BCUT2D eigenvalue weighted by molar-refractivity contribution is -0.139. The average molecular weight is 433 g/mol. The van der Waals surface area contributed by atoms with Crippen LogP contribution in [-0.4, -0.2) is 34.6 Å². The molecule has 0 unspecified atom stereocenters. The molecule has 1 N–H and O–H groups in total. The Hall–Kier alpha value is -1.98. The van der Waals surface area contributed by atoms with Crippen molar-refractivity contribution < 1.29 is 9.59 Å². The molecule has 0 aromatic heterocycles. The number of amides is 2. The Bertz CT molecular complexity index is 781. The molecule has 4 nitrogen and oxygen atoms in total. The van der Waals surface area contributed by atoms with E-state index in [9.17, 15) is 9.59 Å². The predicted octanol–water partition coefficient (Wildman–Crippen LogP) is 4.91. The molecular weight excluding hydrogens is 404 g/mol. The first kappa shape index (κ1) is 23.3. The van der Waals surface area contributed by atoms with Crippen LogP contribution in [0.1, 0.15) is 38.3 Å². The number of halogens is 1. The molecule has 2 rings (SSSR count). The van der Waals surface area contributed by atoms with E-state index in [0.717, 1.165) is 11.3 Å². The van der Waals surface area contributed by atoms with Crippen LogP contribution < -0.4 is 5.32 Å². The summed E-state index contributed by atoms with van der Waals surface area (Å²) in [4.78, 5) is 27.5. The van der Waals surface area contributed by atoms with Gasteiger partial charge >= 0.3 is 0 Å². The number of thioether (sulfide) groups is 1. The lowest BCUT2D eigenvalue weighted by Crippen LogP contribution is -2.50. The number of hydrogen-bond acceptors (Lipinski definition) is 3. The van der Waals surface area contributed by atoms with Gasteiger partial charge in [0, 0.05) is 23.4 Å². The molecule has 6 heteroatoms. The molecule has 0 saturated carbocycles. The lowest BCUT2D eigenvalue weighted by Gasteiger charge is -2.31. The highest BCUT2D eigenvalue weighted by Gasteiger charge is 2.28. The minimum atomic E-state index is -0.502. The van der Waals surface area contributed by atoms with E-state index in [1.54, 1.807) is 28.8 Å². The molecule has 0 aliphatic carbocycles. The van der Waals surface area contributed by atoms with Crippen LogP contribution in [0.2, 0.25) is 5.02 Å². The molecule has 0 heterocycles. The standard InChI is InChI=1S/C23H29ClN2O2S/c1-4-21(23(28)25-17(2)3)26(14-18-10-12-20(24)13-11-18)22(27)16-29-15-19-8-6-5-7-9-19/h5-13,17,21H,4,14-16H2,1-3H3,(H,25,28)/t21-/m1/s1. The van der Waals surface area contributed by atoms with Crippen molar-refractivity contribution in [3.8, 4) is 0 Å². The van der Waals surface area contributed by atoms with Crippen molar-refractivity contribution in [1.82, 2.24) is 10.2 Å². The SMILES string of the molecule is CC[C@H](C(=O)NC(C)C)N(Cc1ccc(Cl)cc1)C(=O)CSCc1ccccc1. The Balaban J connectivity index is 2.11. The minimum Gasteiger partial charge on any atom is -0.352 e. The second kappa shape index (κ2) is 11.9. The van der Waals surface area contributed by atoms with E-state index < -0.39 is 6.04 Å². The molecule has 1 atom stereocenters. The Labute approximate surface area is 183 Å². The van der Waals surface area contributed by atoms with Gasteiger partial charge in [-0.2, -0.15) is 0 Å². The number of benzene rings is 2.